The topological polar surface area (TPSA) is 69.6 Å². The minimum absolute atomic E-state index is 0. The number of hydrogen-bond donors (Lipinski definition) is 2. The van der Waals surface area contributed by atoms with Gasteiger partial charge in [-0.1, -0.05) is 0 Å². The quantitative estimate of drug-likeness (QED) is 0.386. The minimum Gasteiger partial charge on any atom is -0.350 e. The van der Waals surface area contributed by atoms with Crippen LogP contribution in [0.2, 0.25) is 0 Å². The third-order valence-corrected chi connectivity index (χ3v) is 4.44. The van der Waals surface area contributed by atoms with Gasteiger partial charge in [0.25, 0.3) is 0 Å². The fraction of sp³-hybridized carbons (Fsp3) is 0.643. The van der Waals surface area contributed by atoms with Gasteiger partial charge in [-0.05, 0) is 19.3 Å². The number of aliphatic imine (C=N–C) groups is 1. The molecular formula is C14H21F3IN5OS. The molecule has 1 amide bonds. The number of rotatable bonds is 4. The van der Waals surface area contributed by atoms with Crippen molar-refractivity contribution in [1.29, 1.82) is 0 Å². The molecule has 0 aromatic carbocycles. The van der Waals surface area contributed by atoms with Crippen molar-refractivity contribution in [3.63, 3.8) is 0 Å². The van der Waals surface area contributed by atoms with Crippen LogP contribution in [0.1, 0.15) is 30.0 Å². The number of carbonyl (C=O) groups excluding carboxylic acids is 1. The summed E-state index contributed by atoms with van der Waals surface area (Å²) in [6.07, 6.45) is -1.25. The maximum absolute atomic E-state index is 12.5. The molecule has 0 radical (unpaired) electrons. The van der Waals surface area contributed by atoms with E-state index in [1.165, 1.54) is 7.05 Å². The zero-order valence-corrected chi connectivity index (χ0v) is 16.9. The lowest BCUT2D eigenvalue weighted by Crippen LogP contribution is -2.45. The number of aromatic nitrogens is 1. The third kappa shape index (κ3) is 6.96. The molecule has 1 fully saturated rings. The van der Waals surface area contributed by atoms with Crippen LogP contribution in [-0.2, 0) is 17.5 Å². The molecule has 6 nitrogen and oxygen atoms in total. The van der Waals surface area contributed by atoms with Gasteiger partial charge in [-0.25, -0.2) is 4.98 Å². The van der Waals surface area contributed by atoms with Gasteiger partial charge in [0, 0.05) is 25.5 Å². The van der Waals surface area contributed by atoms with Crippen LogP contribution in [0.3, 0.4) is 0 Å². The van der Waals surface area contributed by atoms with Crippen molar-refractivity contribution in [1.82, 2.24) is 20.5 Å². The van der Waals surface area contributed by atoms with Gasteiger partial charge in [0.2, 0.25) is 5.91 Å². The standard InChI is InChI=1S/C14H20F3N5OS.HI/c1-18-13(20-8-12(23)22-5-3-2-4-6-22)19-7-11-21-10(9-24-11)14(15,16)17;/h9H,2-8H2,1H3,(H2,18,19,20);1H. The summed E-state index contributed by atoms with van der Waals surface area (Å²) in [4.78, 5) is 21.3. The maximum Gasteiger partial charge on any atom is 0.434 e. The Morgan fingerprint density at radius 3 is 2.56 bits per heavy atom. The van der Waals surface area contributed by atoms with E-state index in [0.29, 0.717) is 11.0 Å². The Morgan fingerprint density at radius 2 is 2.00 bits per heavy atom. The lowest BCUT2D eigenvalue weighted by atomic mass is 10.1. The largest absolute Gasteiger partial charge is 0.434 e. The molecule has 0 aliphatic carbocycles. The van der Waals surface area contributed by atoms with E-state index >= 15 is 0 Å². The van der Waals surface area contributed by atoms with E-state index in [0.717, 1.165) is 49.1 Å². The number of nitrogens with zero attached hydrogens (tertiary/aromatic N) is 3. The van der Waals surface area contributed by atoms with E-state index in [1.54, 1.807) is 4.90 Å². The van der Waals surface area contributed by atoms with E-state index in [1.807, 2.05) is 0 Å². The third-order valence-electron chi connectivity index (χ3n) is 3.59. The average Bonchev–Trinajstić information content (AvgIpc) is 3.05. The summed E-state index contributed by atoms with van der Waals surface area (Å²) < 4.78 is 37.5. The first-order valence-corrected chi connectivity index (χ1v) is 8.52. The van der Waals surface area contributed by atoms with Gasteiger partial charge in [-0.15, -0.1) is 35.3 Å². The molecule has 2 N–H and O–H groups in total. The molecule has 1 saturated heterocycles. The lowest BCUT2D eigenvalue weighted by molar-refractivity contribution is -0.140. The van der Waals surface area contributed by atoms with Crippen LogP contribution >= 0.6 is 35.3 Å². The Morgan fingerprint density at radius 1 is 1.32 bits per heavy atom. The molecular weight excluding hydrogens is 470 g/mol. The molecule has 0 unspecified atom stereocenters. The first-order chi connectivity index (χ1) is 11.4. The SMILES string of the molecule is CN=C(NCC(=O)N1CCCCC1)NCc1nc(C(F)(F)F)cs1.I. The molecule has 11 heteroatoms. The van der Waals surface area contributed by atoms with E-state index in [4.69, 9.17) is 0 Å². The van der Waals surface area contributed by atoms with Crippen LogP contribution in [0.25, 0.3) is 0 Å². The second-order valence-corrected chi connectivity index (χ2v) is 6.29. The molecule has 142 valence electrons. The highest BCUT2D eigenvalue weighted by molar-refractivity contribution is 14.0. The minimum atomic E-state index is -4.43. The number of likely N-dealkylation sites (tertiary alicyclic amines) is 1. The highest BCUT2D eigenvalue weighted by Gasteiger charge is 2.33. The van der Waals surface area contributed by atoms with Crippen molar-refractivity contribution in [3.05, 3.63) is 16.1 Å². The predicted octanol–water partition coefficient (Wildman–Crippen LogP) is 2.46. The van der Waals surface area contributed by atoms with Crippen LogP contribution < -0.4 is 10.6 Å². The van der Waals surface area contributed by atoms with Crippen molar-refractivity contribution in [2.45, 2.75) is 32.0 Å². The molecule has 1 aliphatic rings. The number of piperidine rings is 1. The van der Waals surface area contributed by atoms with Gasteiger partial charge in [-0.2, -0.15) is 13.2 Å². The number of alkyl halides is 3. The zero-order chi connectivity index (χ0) is 17.6. The molecule has 0 bridgehead atoms. The molecule has 0 atom stereocenters. The maximum atomic E-state index is 12.5. The van der Waals surface area contributed by atoms with Crippen molar-refractivity contribution >= 4 is 47.2 Å². The van der Waals surface area contributed by atoms with Crippen LogP contribution in [0, 0.1) is 0 Å². The van der Waals surface area contributed by atoms with Crippen molar-refractivity contribution in [3.8, 4) is 0 Å². The van der Waals surface area contributed by atoms with Gasteiger partial charge in [-0.3, -0.25) is 9.79 Å². The first kappa shape index (κ1) is 21.9. The van der Waals surface area contributed by atoms with Crippen LogP contribution in [0.5, 0.6) is 0 Å². The molecule has 0 spiro atoms. The Hall–Kier alpha value is -1.11. The van der Waals surface area contributed by atoms with E-state index < -0.39 is 11.9 Å². The molecule has 1 aliphatic heterocycles. The normalized spacial score (nSPS) is 15.5. The monoisotopic (exact) mass is 491 g/mol. The summed E-state index contributed by atoms with van der Waals surface area (Å²) in [5.74, 6) is 0.343. The number of carbonyl (C=O) groups is 1. The molecule has 2 rings (SSSR count). The summed E-state index contributed by atoms with van der Waals surface area (Å²) in [6.45, 7) is 1.75. The van der Waals surface area contributed by atoms with Gasteiger partial charge < -0.3 is 15.5 Å². The average molecular weight is 491 g/mol. The van der Waals surface area contributed by atoms with E-state index in [9.17, 15) is 18.0 Å². The number of thiazole rings is 1. The van der Waals surface area contributed by atoms with Crippen LogP contribution in [-0.4, -0.2) is 48.4 Å². The van der Waals surface area contributed by atoms with Crippen molar-refractivity contribution < 1.29 is 18.0 Å². The summed E-state index contributed by atoms with van der Waals surface area (Å²) in [7, 11) is 1.53. The molecule has 25 heavy (non-hydrogen) atoms. The summed E-state index contributed by atoms with van der Waals surface area (Å²) in [5, 5.41) is 7.01. The summed E-state index contributed by atoms with van der Waals surface area (Å²) in [5.41, 5.74) is -0.896. The van der Waals surface area contributed by atoms with Gasteiger partial charge in [0.05, 0.1) is 13.1 Å². The number of nitrogens with one attached hydrogen (secondary N) is 2. The Labute approximate surface area is 165 Å². The van der Waals surface area contributed by atoms with Crippen LogP contribution in [0.4, 0.5) is 13.2 Å². The van der Waals surface area contributed by atoms with Gasteiger partial charge >= 0.3 is 6.18 Å². The Balaban J connectivity index is 0.00000312. The number of amides is 1. The van der Waals surface area contributed by atoms with Crippen molar-refractivity contribution in [2.24, 2.45) is 4.99 Å². The summed E-state index contributed by atoms with van der Waals surface area (Å²) in [6, 6.07) is 0. The second kappa shape index (κ2) is 10.1. The molecule has 1 aromatic rings. The van der Waals surface area contributed by atoms with Gasteiger partial charge in [0.1, 0.15) is 5.01 Å². The second-order valence-electron chi connectivity index (χ2n) is 5.35. The Bertz CT molecular complexity index is 587. The van der Waals surface area contributed by atoms with Gasteiger partial charge in [0.15, 0.2) is 11.7 Å². The number of hydrogen-bond acceptors (Lipinski definition) is 4. The zero-order valence-electron chi connectivity index (χ0n) is 13.7. The molecule has 0 saturated carbocycles. The highest BCUT2D eigenvalue weighted by Crippen LogP contribution is 2.29. The van der Waals surface area contributed by atoms with Crippen molar-refractivity contribution in [2.75, 3.05) is 26.7 Å². The summed E-state index contributed by atoms with van der Waals surface area (Å²) >= 11 is 0.924. The first-order valence-electron chi connectivity index (χ1n) is 7.64. The lowest BCUT2D eigenvalue weighted by Gasteiger charge is -2.27. The number of guanidine groups is 1. The highest BCUT2D eigenvalue weighted by atomic mass is 127. The molecule has 1 aromatic heterocycles. The predicted molar refractivity (Wildman–Crippen MR) is 101 cm³/mol. The number of halogens is 4. The van der Waals surface area contributed by atoms with E-state index in [2.05, 4.69) is 20.6 Å². The fourth-order valence-electron chi connectivity index (χ4n) is 2.32. The smallest absolute Gasteiger partial charge is 0.350 e. The van der Waals surface area contributed by atoms with E-state index in [-0.39, 0.29) is 43.0 Å². The van der Waals surface area contributed by atoms with Crippen LogP contribution in [0.15, 0.2) is 10.4 Å². The fourth-order valence-corrected chi connectivity index (χ4v) is 3.06. The molecule has 2 heterocycles. The Kier molecular flexibility index (Phi) is 8.89.